The summed E-state index contributed by atoms with van der Waals surface area (Å²) in [5.74, 6) is 0.248. The number of carbonyl (C=O) groups is 1. The third-order valence-corrected chi connectivity index (χ3v) is 7.46. The van der Waals surface area contributed by atoms with Crippen LogP contribution < -0.4 is 4.90 Å². The van der Waals surface area contributed by atoms with Crippen LogP contribution >= 0.6 is 0 Å². The quantitative estimate of drug-likeness (QED) is 0.739. The third-order valence-electron chi connectivity index (χ3n) is 5.71. The van der Waals surface area contributed by atoms with Gasteiger partial charge in [0.15, 0.2) is 9.84 Å². The van der Waals surface area contributed by atoms with Gasteiger partial charge >= 0.3 is 0 Å². The van der Waals surface area contributed by atoms with Crippen molar-refractivity contribution in [3.8, 4) is 0 Å². The van der Waals surface area contributed by atoms with Crippen molar-refractivity contribution in [2.24, 2.45) is 0 Å². The Hall–Kier alpha value is -1.40. The molecule has 1 saturated carbocycles. The van der Waals surface area contributed by atoms with E-state index in [2.05, 4.69) is 4.90 Å². The molecule has 5 nitrogen and oxygen atoms in total. The van der Waals surface area contributed by atoms with Crippen LogP contribution in [0, 0.1) is 0 Å². The van der Waals surface area contributed by atoms with Gasteiger partial charge in [-0.3, -0.25) is 9.69 Å². The molecule has 1 aliphatic carbocycles. The van der Waals surface area contributed by atoms with E-state index in [9.17, 15) is 13.2 Å². The minimum atomic E-state index is -3.04. The van der Waals surface area contributed by atoms with Gasteiger partial charge in [-0.15, -0.1) is 0 Å². The zero-order valence-corrected chi connectivity index (χ0v) is 16.5. The van der Waals surface area contributed by atoms with E-state index in [0.29, 0.717) is 19.0 Å². The zero-order valence-electron chi connectivity index (χ0n) is 15.6. The number of hydrogen-bond acceptors (Lipinski definition) is 4. The van der Waals surface area contributed by atoms with Crippen molar-refractivity contribution in [3.05, 3.63) is 30.3 Å². The van der Waals surface area contributed by atoms with Gasteiger partial charge in [0.25, 0.3) is 0 Å². The molecular formula is C20H30N2O3S. The number of benzene rings is 1. The van der Waals surface area contributed by atoms with Crippen LogP contribution in [-0.2, 0) is 14.6 Å². The maximum absolute atomic E-state index is 13.2. The first-order valence-corrected chi connectivity index (χ1v) is 11.6. The van der Waals surface area contributed by atoms with E-state index < -0.39 is 9.84 Å². The van der Waals surface area contributed by atoms with E-state index in [0.717, 1.165) is 18.5 Å². The summed E-state index contributed by atoms with van der Waals surface area (Å²) in [5.41, 5.74) is 0.800. The minimum absolute atomic E-state index is 0.00467. The van der Waals surface area contributed by atoms with Crippen LogP contribution in [0.5, 0.6) is 0 Å². The molecule has 1 amide bonds. The van der Waals surface area contributed by atoms with Crippen molar-refractivity contribution in [1.29, 1.82) is 0 Å². The van der Waals surface area contributed by atoms with Gasteiger partial charge in [0, 0.05) is 11.7 Å². The summed E-state index contributed by atoms with van der Waals surface area (Å²) in [6, 6.07) is 9.70. The van der Waals surface area contributed by atoms with Crippen molar-refractivity contribution in [2.75, 3.05) is 30.0 Å². The number of amides is 1. The summed E-state index contributed by atoms with van der Waals surface area (Å²) in [6.07, 6.45) is 7.84. The predicted octanol–water partition coefficient (Wildman–Crippen LogP) is 2.86. The number of para-hydroxylation sites is 1. The molecule has 1 atom stereocenters. The molecule has 144 valence electrons. The zero-order chi connectivity index (χ0) is 18.6. The first-order valence-electron chi connectivity index (χ1n) is 9.74. The van der Waals surface area contributed by atoms with E-state index in [1.54, 1.807) is 4.90 Å². The molecule has 0 N–H and O–H groups in total. The number of sulfone groups is 1. The number of likely N-dealkylation sites (N-methyl/N-ethyl adjacent to an activating group) is 1. The molecule has 1 aromatic rings. The Balaban J connectivity index is 1.74. The first kappa shape index (κ1) is 19.4. The first-order chi connectivity index (χ1) is 12.5. The Morgan fingerprint density at radius 1 is 1.00 bits per heavy atom. The second kappa shape index (κ2) is 8.53. The molecule has 0 spiro atoms. The highest BCUT2D eigenvalue weighted by Crippen LogP contribution is 2.26. The normalized spacial score (nSPS) is 23.7. The Morgan fingerprint density at radius 3 is 2.23 bits per heavy atom. The lowest BCUT2D eigenvalue weighted by Gasteiger charge is -2.32. The average Bonchev–Trinajstić information content (AvgIpc) is 2.82. The largest absolute Gasteiger partial charge is 0.307 e. The molecule has 0 bridgehead atoms. The van der Waals surface area contributed by atoms with Gasteiger partial charge in [-0.1, -0.05) is 43.9 Å². The molecule has 6 heteroatoms. The molecule has 2 aliphatic rings. The van der Waals surface area contributed by atoms with Crippen molar-refractivity contribution in [2.45, 2.75) is 57.0 Å². The van der Waals surface area contributed by atoms with Crippen LogP contribution in [0.25, 0.3) is 0 Å². The van der Waals surface area contributed by atoms with E-state index in [4.69, 9.17) is 0 Å². The van der Waals surface area contributed by atoms with E-state index in [1.807, 2.05) is 37.4 Å². The van der Waals surface area contributed by atoms with Gasteiger partial charge in [0.05, 0.1) is 24.1 Å². The molecule has 0 radical (unpaired) electrons. The molecule has 1 aromatic carbocycles. The second-order valence-corrected chi connectivity index (χ2v) is 9.95. The molecule has 1 unspecified atom stereocenters. The molecule has 2 fully saturated rings. The highest BCUT2D eigenvalue weighted by molar-refractivity contribution is 7.91. The monoisotopic (exact) mass is 378 g/mol. The van der Waals surface area contributed by atoms with Crippen LogP contribution in [0.3, 0.4) is 0 Å². The Bertz CT molecular complexity index is 697. The summed E-state index contributed by atoms with van der Waals surface area (Å²) in [6.45, 7) is 0.343. The molecule has 3 rings (SSSR count). The Morgan fingerprint density at radius 2 is 1.65 bits per heavy atom. The van der Waals surface area contributed by atoms with E-state index in [-0.39, 0.29) is 23.5 Å². The number of nitrogens with zero attached hydrogens (tertiary/aromatic N) is 2. The van der Waals surface area contributed by atoms with Crippen LogP contribution in [0.1, 0.15) is 44.9 Å². The molecule has 1 saturated heterocycles. The summed E-state index contributed by atoms with van der Waals surface area (Å²) in [4.78, 5) is 17.1. The predicted molar refractivity (Wildman–Crippen MR) is 105 cm³/mol. The summed E-state index contributed by atoms with van der Waals surface area (Å²) in [7, 11) is -1.01. The van der Waals surface area contributed by atoms with Crippen molar-refractivity contribution in [3.63, 3.8) is 0 Å². The minimum Gasteiger partial charge on any atom is -0.307 e. The average molecular weight is 379 g/mol. The van der Waals surface area contributed by atoms with Crippen molar-refractivity contribution >= 4 is 21.4 Å². The van der Waals surface area contributed by atoms with Gasteiger partial charge in [-0.2, -0.15) is 0 Å². The highest BCUT2D eigenvalue weighted by Gasteiger charge is 2.36. The topological polar surface area (TPSA) is 57.7 Å². The number of hydrogen-bond donors (Lipinski definition) is 0. The van der Waals surface area contributed by atoms with E-state index >= 15 is 0 Å². The van der Waals surface area contributed by atoms with Crippen molar-refractivity contribution < 1.29 is 13.2 Å². The summed E-state index contributed by atoms with van der Waals surface area (Å²) >= 11 is 0. The molecule has 1 aliphatic heterocycles. The summed E-state index contributed by atoms with van der Waals surface area (Å²) < 4.78 is 23.9. The Kier molecular flexibility index (Phi) is 6.35. The summed E-state index contributed by atoms with van der Waals surface area (Å²) in [5, 5.41) is 0. The Labute approximate surface area is 157 Å². The van der Waals surface area contributed by atoms with Crippen LogP contribution in [-0.4, -0.2) is 56.4 Å². The van der Waals surface area contributed by atoms with Gasteiger partial charge < -0.3 is 4.90 Å². The third kappa shape index (κ3) is 4.86. The van der Waals surface area contributed by atoms with Gasteiger partial charge in [0.2, 0.25) is 5.91 Å². The SMILES string of the molecule is CN(CC(=O)N(c1ccccc1)C1CCS(=O)(=O)C1)C1CCCCCC1. The standard InChI is InChI=1S/C20H30N2O3S/c1-21(17-9-5-2-3-6-10-17)15-20(23)22(18-11-7-4-8-12-18)19-13-14-26(24,25)16-19/h4,7-8,11-12,17,19H,2-3,5-6,9-10,13-16H2,1H3. The maximum Gasteiger partial charge on any atom is 0.241 e. The van der Waals surface area contributed by atoms with Gasteiger partial charge in [0.1, 0.15) is 0 Å². The number of carbonyl (C=O) groups excluding carboxylic acids is 1. The lowest BCUT2D eigenvalue weighted by Crippen LogP contribution is -2.47. The lowest BCUT2D eigenvalue weighted by molar-refractivity contribution is -0.120. The molecule has 1 heterocycles. The van der Waals surface area contributed by atoms with Crippen molar-refractivity contribution in [1.82, 2.24) is 4.90 Å². The molecule has 26 heavy (non-hydrogen) atoms. The second-order valence-electron chi connectivity index (χ2n) is 7.72. The molecule has 0 aromatic heterocycles. The van der Waals surface area contributed by atoms with Crippen LogP contribution in [0.2, 0.25) is 0 Å². The number of anilines is 1. The smallest absolute Gasteiger partial charge is 0.241 e. The number of rotatable bonds is 5. The fraction of sp³-hybridized carbons (Fsp3) is 0.650. The van der Waals surface area contributed by atoms with E-state index in [1.165, 1.54) is 25.7 Å². The maximum atomic E-state index is 13.2. The van der Waals surface area contributed by atoms with Gasteiger partial charge in [-0.25, -0.2) is 8.42 Å². The lowest BCUT2D eigenvalue weighted by atomic mass is 10.1. The highest BCUT2D eigenvalue weighted by atomic mass is 32.2. The fourth-order valence-corrected chi connectivity index (χ4v) is 5.94. The van der Waals surface area contributed by atoms with Crippen LogP contribution in [0.4, 0.5) is 5.69 Å². The molecular weight excluding hydrogens is 348 g/mol. The van der Waals surface area contributed by atoms with Crippen LogP contribution in [0.15, 0.2) is 30.3 Å². The van der Waals surface area contributed by atoms with Gasteiger partial charge in [-0.05, 0) is 38.4 Å². The fourth-order valence-electron chi connectivity index (χ4n) is 4.24.